The van der Waals surface area contributed by atoms with Gasteiger partial charge in [0.05, 0.1) is 10.4 Å². The molecule has 4 heteroatoms. The Morgan fingerprint density at radius 3 is 2.71 bits per heavy atom. The number of nitrogens with zero attached hydrogens (tertiary/aromatic N) is 1. The van der Waals surface area contributed by atoms with Crippen LogP contribution in [0.1, 0.15) is 29.2 Å². The zero-order chi connectivity index (χ0) is 12.3. The third-order valence-corrected chi connectivity index (χ3v) is 3.95. The minimum absolute atomic E-state index is 0.521. The summed E-state index contributed by atoms with van der Waals surface area (Å²) in [6.45, 7) is 2.10. The average Bonchev–Trinajstić information content (AvgIpc) is 2.77. The van der Waals surface area contributed by atoms with E-state index in [9.17, 15) is 5.11 Å². The molecule has 90 valence electrons. The highest BCUT2D eigenvalue weighted by atomic mass is 35.5. The molecule has 2 aromatic heterocycles. The van der Waals surface area contributed by atoms with Gasteiger partial charge in [-0.15, -0.1) is 11.3 Å². The molecule has 0 radical (unpaired) electrons. The number of pyridine rings is 1. The van der Waals surface area contributed by atoms with Gasteiger partial charge in [0.25, 0.3) is 0 Å². The lowest BCUT2D eigenvalue weighted by Gasteiger charge is -2.08. The van der Waals surface area contributed by atoms with Crippen LogP contribution in [-0.4, -0.2) is 10.1 Å². The zero-order valence-electron chi connectivity index (χ0n) is 9.56. The number of halogens is 1. The number of thiophene rings is 1. The van der Waals surface area contributed by atoms with E-state index in [0.29, 0.717) is 10.8 Å². The minimum atomic E-state index is -0.521. The number of rotatable bonds is 4. The molecule has 0 aliphatic carbocycles. The molecule has 2 nitrogen and oxygen atoms in total. The smallest absolute Gasteiger partial charge is 0.0937 e. The number of aliphatic hydroxyl groups is 1. The van der Waals surface area contributed by atoms with E-state index < -0.39 is 6.10 Å². The fourth-order valence-electron chi connectivity index (χ4n) is 1.59. The Labute approximate surface area is 110 Å². The van der Waals surface area contributed by atoms with Crippen molar-refractivity contribution in [2.45, 2.75) is 25.9 Å². The standard InChI is InChI=1S/C13H14ClNOS/c1-2-9-3-4-10(15-8-9)7-11(16)12-5-6-13(14)17-12/h3-6,8,11,16H,2,7H2,1H3. The van der Waals surface area contributed by atoms with Crippen molar-refractivity contribution in [3.05, 3.63) is 50.9 Å². The highest BCUT2D eigenvalue weighted by molar-refractivity contribution is 7.16. The molecule has 0 fully saturated rings. The lowest BCUT2D eigenvalue weighted by molar-refractivity contribution is 0.181. The molecular weight excluding hydrogens is 254 g/mol. The summed E-state index contributed by atoms with van der Waals surface area (Å²) in [6.07, 6.45) is 2.85. The van der Waals surface area contributed by atoms with Gasteiger partial charge in [-0.25, -0.2) is 0 Å². The Morgan fingerprint density at radius 2 is 2.18 bits per heavy atom. The van der Waals surface area contributed by atoms with E-state index in [0.717, 1.165) is 17.0 Å². The summed E-state index contributed by atoms with van der Waals surface area (Å²) in [6, 6.07) is 7.68. The van der Waals surface area contributed by atoms with Crippen LogP contribution in [0.15, 0.2) is 30.5 Å². The first-order valence-electron chi connectivity index (χ1n) is 5.56. The molecule has 0 saturated heterocycles. The van der Waals surface area contributed by atoms with Gasteiger partial charge in [-0.1, -0.05) is 24.6 Å². The van der Waals surface area contributed by atoms with Crippen LogP contribution in [0.4, 0.5) is 0 Å². The average molecular weight is 268 g/mol. The third-order valence-electron chi connectivity index (χ3n) is 2.62. The molecule has 1 unspecified atom stereocenters. The lowest BCUT2D eigenvalue weighted by Crippen LogP contribution is -2.01. The molecule has 17 heavy (non-hydrogen) atoms. The van der Waals surface area contributed by atoms with Gasteiger partial charge in [0.1, 0.15) is 0 Å². The van der Waals surface area contributed by atoms with E-state index in [1.54, 1.807) is 6.07 Å². The molecule has 0 aliphatic heterocycles. The number of aliphatic hydroxyl groups excluding tert-OH is 1. The fourth-order valence-corrected chi connectivity index (χ4v) is 2.64. The van der Waals surface area contributed by atoms with Gasteiger partial charge in [-0.2, -0.15) is 0 Å². The second-order valence-electron chi connectivity index (χ2n) is 3.87. The van der Waals surface area contributed by atoms with Gasteiger partial charge < -0.3 is 5.11 Å². The zero-order valence-corrected chi connectivity index (χ0v) is 11.1. The van der Waals surface area contributed by atoms with Gasteiger partial charge >= 0.3 is 0 Å². The number of hydrogen-bond donors (Lipinski definition) is 1. The number of aryl methyl sites for hydroxylation is 1. The lowest BCUT2D eigenvalue weighted by atomic mass is 10.1. The van der Waals surface area contributed by atoms with Crippen LogP contribution in [0.3, 0.4) is 0 Å². The van der Waals surface area contributed by atoms with Crippen molar-refractivity contribution in [3.8, 4) is 0 Å². The second-order valence-corrected chi connectivity index (χ2v) is 5.62. The largest absolute Gasteiger partial charge is 0.387 e. The highest BCUT2D eigenvalue weighted by Crippen LogP contribution is 2.28. The molecular formula is C13H14ClNOS. The summed E-state index contributed by atoms with van der Waals surface area (Å²) < 4.78 is 0.702. The monoisotopic (exact) mass is 267 g/mol. The maximum atomic E-state index is 10.0. The van der Waals surface area contributed by atoms with Crippen LogP contribution >= 0.6 is 22.9 Å². The Morgan fingerprint density at radius 1 is 1.35 bits per heavy atom. The van der Waals surface area contributed by atoms with E-state index in [2.05, 4.69) is 18.0 Å². The van der Waals surface area contributed by atoms with Gasteiger partial charge in [-0.3, -0.25) is 4.98 Å². The molecule has 0 aromatic carbocycles. The Bertz CT molecular complexity index is 480. The van der Waals surface area contributed by atoms with Crippen molar-refractivity contribution in [1.29, 1.82) is 0 Å². The van der Waals surface area contributed by atoms with E-state index in [-0.39, 0.29) is 0 Å². The molecule has 0 spiro atoms. The predicted octanol–water partition coefficient (Wildman–Crippen LogP) is 3.64. The summed E-state index contributed by atoms with van der Waals surface area (Å²) in [5.41, 5.74) is 2.11. The van der Waals surface area contributed by atoms with Crippen molar-refractivity contribution >= 4 is 22.9 Å². The van der Waals surface area contributed by atoms with Gasteiger partial charge in [0.2, 0.25) is 0 Å². The van der Waals surface area contributed by atoms with Gasteiger partial charge in [-0.05, 0) is 30.2 Å². The molecule has 0 aliphatic rings. The Balaban J connectivity index is 2.04. The van der Waals surface area contributed by atoms with Gasteiger partial charge in [0.15, 0.2) is 0 Å². The second kappa shape index (κ2) is 5.63. The van der Waals surface area contributed by atoms with E-state index in [1.807, 2.05) is 18.3 Å². The predicted molar refractivity (Wildman–Crippen MR) is 71.6 cm³/mol. The van der Waals surface area contributed by atoms with Crippen LogP contribution in [-0.2, 0) is 12.8 Å². The fraction of sp³-hybridized carbons (Fsp3) is 0.308. The summed E-state index contributed by atoms with van der Waals surface area (Å²) >= 11 is 7.25. The highest BCUT2D eigenvalue weighted by Gasteiger charge is 2.11. The molecule has 1 atom stereocenters. The van der Waals surface area contributed by atoms with E-state index in [1.165, 1.54) is 16.9 Å². The van der Waals surface area contributed by atoms with Gasteiger partial charge in [0, 0.05) is 23.2 Å². The number of aromatic nitrogens is 1. The molecule has 2 aromatic rings. The first-order valence-corrected chi connectivity index (χ1v) is 6.75. The van der Waals surface area contributed by atoms with E-state index >= 15 is 0 Å². The maximum Gasteiger partial charge on any atom is 0.0937 e. The minimum Gasteiger partial charge on any atom is -0.387 e. The topological polar surface area (TPSA) is 33.1 Å². The van der Waals surface area contributed by atoms with Crippen LogP contribution < -0.4 is 0 Å². The summed E-state index contributed by atoms with van der Waals surface area (Å²) in [5.74, 6) is 0. The molecule has 0 bridgehead atoms. The molecule has 1 N–H and O–H groups in total. The molecule has 2 heterocycles. The third kappa shape index (κ3) is 3.28. The summed E-state index contributed by atoms with van der Waals surface area (Å²) in [5, 5.41) is 10.0. The van der Waals surface area contributed by atoms with Crippen molar-refractivity contribution in [1.82, 2.24) is 4.98 Å². The van der Waals surface area contributed by atoms with E-state index in [4.69, 9.17) is 11.6 Å². The maximum absolute atomic E-state index is 10.0. The number of hydrogen-bond acceptors (Lipinski definition) is 3. The normalized spacial score (nSPS) is 12.6. The first kappa shape index (κ1) is 12.6. The first-order chi connectivity index (χ1) is 8.19. The van der Waals surface area contributed by atoms with Crippen LogP contribution in [0.5, 0.6) is 0 Å². The molecule has 2 rings (SSSR count). The Kier molecular flexibility index (Phi) is 4.15. The van der Waals surface area contributed by atoms with Crippen molar-refractivity contribution in [2.75, 3.05) is 0 Å². The van der Waals surface area contributed by atoms with Crippen molar-refractivity contribution in [3.63, 3.8) is 0 Å². The van der Waals surface area contributed by atoms with Crippen LogP contribution in [0.2, 0.25) is 4.34 Å². The quantitative estimate of drug-likeness (QED) is 0.918. The van der Waals surface area contributed by atoms with Crippen molar-refractivity contribution < 1.29 is 5.11 Å². The van der Waals surface area contributed by atoms with Crippen molar-refractivity contribution in [2.24, 2.45) is 0 Å². The summed E-state index contributed by atoms with van der Waals surface area (Å²) in [7, 11) is 0. The summed E-state index contributed by atoms with van der Waals surface area (Å²) in [4.78, 5) is 5.22. The molecule has 0 amide bonds. The SMILES string of the molecule is CCc1ccc(CC(O)c2ccc(Cl)s2)nc1. The molecule has 0 saturated carbocycles. The Hall–Kier alpha value is -0.900. The van der Waals surface area contributed by atoms with Crippen LogP contribution in [0, 0.1) is 0 Å². The van der Waals surface area contributed by atoms with Crippen LogP contribution in [0.25, 0.3) is 0 Å².